The van der Waals surface area contributed by atoms with Crippen LogP contribution in [0.15, 0.2) is 12.3 Å². The highest BCUT2D eigenvalue weighted by Gasteiger charge is 2.39. The van der Waals surface area contributed by atoms with Crippen LogP contribution in [0.5, 0.6) is 0 Å². The Balaban J connectivity index is 2.30. The largest absolute Gasteiger partial charge is 0.332 e. The summed E-state index contributed by atoms with van der Waals surface area (Å²) in [4.78, 5) is 13.7. The monoisotopic (exact) mass is 222 g/mol. The Kier molecular flexibility index (Phi) is 2.96. The van der Waals surface area contributed by atoms with Crippen molar-refractivity contribution in [3.8, 4) is 0 Å². The first kappa shape index (κ1) is 11.1. The molecule has 1 amide bonds. The number of rotatable bonds is 3. The first-order chi connectivity index (χ1) is 7.65. The van der Waals surface area contributed by atoms with Crippen LogP contribution >= 0.6 is 0 Å². The number of amides is 1. The van der Waals surface area contributed by atoms with Gasteiger partial charge in [0.1, 0.15) is 0 Å². The van der Waals surface area contributed by atoms with Crippen molar-refractivity contribution >= 4 is 5.91 Å². The number of carbonyl (C=O) groups is 1. The summed E-state index contributed by atoms with van der Waals surface area (Å²) in [6.07, 6.45) is 3.14. The van der Waals surface area contributed by atoms with Gasteiger partial charge in [-0.3, -0.25) is 9.48 Å². The minimum Gasteiger partial charge on any atom is -0.332 e. The molecule has 2 unspecified atom stereocenters. The van der Waals surface area contributed by atoms with Crippen molar-refractivity contribution in [3.05, 3.63) is 18.0 Å². The Morgan fingerprint density at radius 1 is 1.62 bits per heavy atom. The Morgan fingerprint density at radius 2 is 2.38 bits per heavy atom. The summed E-state index contributed by atoms with van der Waals surface area (Å²) in [7, 11) is 1.88. The van der Waals surface area contributed by atoms with Gasteiger partial charge >= 0.3 is 0 Å². The van der Waals surface area contributed by atoms with Crippen LogP contribution in [0.3, 0.4) is 0 Å². The number of nitrogens with two attached hydrogens (primary N) is 1. The van der Waals surface area contributed by atoms with E-state index in [9.17, 15) is 4.79 Å². The fraction of sp³-hybridized carbons (Fsp3) is 0.636. The van der Waals surface area contributed by atoms with Gasteiger partial charge in [0.05, 0.1) is 11.7 Å². The standard InChI is InChI=1S/C11H18N4O/c1-3-6-15-10(16)7-8(12)11(15)9-4-5-13-14(9)2/h4-5,8,11H,3,6-7,12H2,1-2H3. The van der Waals surface area contributed by atoms with Crippen molar-refractivity contribution in [1.29, 1.82) is 0 Å². The van der Waals surface area contributed by atoms with E-state index in [0.29, 0.717) is 6.42 Å². The Hall–Kier alpha value is -1.36. The molecule has 0 bridgehead atoms. The van der Waals surface area contributed by atoms with Crippen LogP contribution < -0.4 is 5.73 Å². The number of likely N-dealkylation sites (tertiary alicyclic amines) is 1. The van der Waals surface area contributed by atoms with Crippen molar-refractivity contribution in [2.75, 3.05) is 6.54 Å². The summed E-state index contributed by atoms with van der Waals surface area (Å²) in [6.45, 7) is 2.83. The van der Waals surface area contributed by atoms with E-state index in [2.05, 4.69) is 12.0 Å². The normalized spacial score (nSPS) is 25.4. The second-order valence-corrected chi connectivity index (χ2v) is 4.28. The quantitative estimate of drug-likeness (QED) is 0.806. The Morgan fingerprint density at radius 3 is 2.94 bits per heavy atom. The van der Waals surface area contributed by atoms with Crippen molar-refractivity contribution in [3.63, 3.8) is 0 Å². The third-order valence-electron chi connectivity index (χ3n) is 3.10. The first-order valence-electron chi connectivity index (χ1n) is 5.68. The van der Waals surface area contributed by atoms with Crippen LogP contribution in [0.1, 0.15) is 31.5 Å². The lowest BCUT2D eigenvalue weighted by Crippen LogP contribution is -2.34. The molecule has 0 saturated carbocycles. The number of hydrogen-bond donors (Lipinski definition) is 1. The van der Waals surface area contributed by atoms with Gasteiger partial charge in [-0.05, 0) is 12.5 Å². The maximum absolute atomic E-state index is 11.8. The maximum Gasteiger partial charge on any atom is 0.224 e. The molecule has 1 aromatic rings. The molecule has 2 N–H and O–H groups in total. The summed E-state index contributed by atoms with van der Waals surface area (Å²) in [5, 5.41) is 4.14. The highest BCUT2D eigenvalue weighted by molar-refractivity contribution is 5.80. The second kappa shape index (κ2) is 4.25. The smallest absolute Gasteiger partial charge is 0.224 e. The summed E-state index contributed by atoms with van der Waals surface area (Å²) >= 11 is 0. The van der Waals surface area contributed by atoms with E-state index in [0.717, 1.165) is 18.7 Å². The molecule has 2 rings (SSSR count). The van der Waals surface area contributed by atoms with Gasteiger partial charge in [0.2, 0.25) is 5.91 Å². The minimum absolute atomic E-state index is 0.0139. The molecule has 1 fully saturated rings. The van der Waals surface area contributed by atoms with E-state index in [1.807, 2.05) is 18.0 Å². The third kappa shape index (κ3) is 1.71. The topological polar surface area (TPSA) is 64.2 Å². The molecule has 0 aromatic carbocycles. The van der Waals surface area contributed by atoms with Gasteiger partial charge in [0.25, 0.3) is 0 Å². The molecule has 5 heteroatoms. The summed E-state index contributed by atoms with van der Waals surface area (Å²) in [5.74, 6) is 0.153. The minimum atomic E-state index is -0.116. The van der Waals surface area contributed by atoms with Crippen LogP contribution in [0.2, 0.25) is 0 Å². The van der Waals surface area contributed by atoms with Gasteiger partial charge < -0.3 is 10.6 Å². The van der Waals surface area contributed by atoms with E-state index in [4.69, 9.17) is 5.73 Å². The number of hydrogen-bond acceptors (Lipinski definition) is 3. The van der Waals surface area contributed by atoms with E-state index < -0.39 is 0 Å². The molecule has 1 saturated heterocycles. The zero-order valence-electron chi connectivity index (χ0n) is 9.76. The van der Waals surface area contributed by atoms with Gasteiger partial charge in [-0.2, -0.15) is 5.10 Å². The molecule has 1 aromatic heterocycles. The van der Waals surface area contributed by atoms with Crippen LogP contribution in [-0.4, -0.2) is 33.2 Å². The fourth-order valence-electron chi connectivity index (χ4n) is 2.37. The predicted octanol–water partition coefficient (Wildman–Crippen LogP) is 0.431. The molecule has 0 radical (unpaired) electrons. The fourth-order valence-corrected chi connectivity index (χ4v) is 2.37. The van der Waals surface area contributed by atoms with E-state index in [1.54, 1.807) is 10.9 Å². The van der Waals surface area contributed by atoms with E-state index in [-0.39, 0.29) is 18.0 Å². The number of aryl methyl sites for hydroxylation is 1. The number of carbonyl (C=O) groups excluding carboxylic acids is 1. The molecular formula is C11H18N4O. The van der Waals surface area contributed by atoms with E-state index >= 15 is 0 Å². The third-order valence-corrected chi connectivity index (χ3v) is 3.10. The molecule has 0 spiro atoms. The second-order valence-electron chi connectivity index (χ2n) is 4.28. The summed E-state index contributed by atoms with van der Waals surface area (Å²) in [5.41, 5.74) is 7.07. The Labute approximate surface area is 95.2 Å². The Bertz CT molecular complexity index is 387. The lowest BCUT2D eigenvalue weighted by molar-refractivity contribution is -0.129. The van der Waals surface area contributed by atoms with Crippen LogP contribution in [0.4, 0.5) is 0 Å². The lowest BCUT2D eigenvalue weighted by Gasteiger charge is -2.26. The van der Waals surface area contributed by atoms with Crippen LogP contribution in [-0.2, 0) is 11.8 Å². The van der Waals surface area contributed by atoms with Gasteiger partial charge in [-0.25, -0.2) is 0 Å². The number of nitrogens with zero attached hydrogens (tertiary/aromatic N) is 3. The molecular weight excluding hydrogens is 204 g/mol. The molecule has 16 heavy (non-hydrogen) atoms. The molecule has 88 valence electrons. The molecule has 1 aliphatic rings. The average molecular weight is 222 g/mol. The molecule has 1 aliphatic heterocycles. The highest BCUT2D eigenvalue weighted by Crippen LogP contribution is 2.31. The average Bonchev–Trinajstić information content (AvgIpc) is 2.73. The molecule has 5 nitrogen and oxygen atoms in total. The van der Waals surface area contributed by atoms with Crippen molar-refractivity contribution in [2.45, 2.75) is 31.8 Å². The van der Waals surface area contributed by atoms with Gasteiger partial charge in [0, 0.05) is 32.3 Å². The lowest BCUT2D eigenvalue weighted by atomic mass is 10.1. The number of aromatic nitrogens is 2. The zero-order chi connectivity index (χ0) is 11.7. The highest BCUT2D eigenvalue weighted by atomic mass is 16.2. The molecule has 0 aliphatic carbocycles. The van der Waals surface area contributed by atoms with Gasteiger partial charge in [-0.1, -0.05) is 6.92 Å². The predicted molar refractivity (Wildman–Crippen MR) is 60.5 cm³/mol. The SMILES string of the molecule is CCCN1C(=O)CC(N)C1c1ccnn1C. The van der Waals surface area contributed by atoms with Crippen molar-refractivity contribution in [2.24, 2.45) is 12.8 Å². The molecule has 2 heterocycles. The summed E-state index contributed by atoms with van der Waals surface area (Å²) < 4.78 is 1.80. The molecule has 2 atom stereocenters. The summed E-state index contributed by atoms with van der Waals surface area (Å²) in [6, 6.07) is 1.81. The van der Waals surface area contributed by atoms with Gasteiger partial charge in [-0.15, -0.1) is 0 Å². The maximum atomic E-state index is 11.8. The van der Waals surface area contributed by atoms with Crippen molar-refractivity contribution in [1.82, 2.24) is 14.7 Å². The zero-order valence-corrected chi connectivity index (χ0v) is 9.76. The van der Waals surface area contributed by atoms with Crippen molar-refractivity contribution < 1.29 is 4.79 Å². The van der Waals surface area contributed by atoms with Crippen LogP contribution in [0.25, 0.3) is 0 Å². The van der Waals surface area contributed by atoms with E-state index in [1.165, 1.54) is 0 Å². The first-order valence-corrected chi connectivity index (χ1v) is 5.68. The van der Waals surface area contributed by atoms with Gasteiger partial charge in [0.15, 0.2) is 0 Å². The van der Waals surface area contributed by atoms with Crippen LogP contribution in [0, 0.1) is 0 Å².